The van der Waals surface area contributed by atoms with Crippen LogP contribution in [0, 0.1) is 23.0 Å². The Labute approximate surface area is 217 Å². The molecule has 2 heterocycles. The molecule has 3 aromatic carbocycles. The van der Waals surface area contributed by atoms with Crippen LogP contribution in [0.3, 0.4) is 0 Å². The van der Waals surface area contributed by atoms with Crippen LogP contribution in [0.1, 0.15) is 16.7 Å². The fraction of sp³-hybridized carbons (Fsp3) is 0.345. The van der Waals surface area contributed by atoms with Gasteiger partial charge in [0.05, 0.1) is 24.0 Å². The highest BCUT2D eigenvalue weighted by molar-refractivity contribution is 5.82. The lowest BCUT2D eigenvalue weighted by Gasteiger charge is -2.49. The quantitative estimate of drug-likeness (QED) is 0.388. The normalized spacial score (nSPS) is 18.5. The summed E-state index contributed by atoms with van der Waals surface area (Å²) in [5, 5.41) is 14.6. The summed E-state index contributed by atoms with van der Waals surface area (Å²) in [5.41, 5.74) is 5.32. The van der Waals surface area contributed by atoms with Gasteiger partial charge in [-0.1, -0.05) is 35.9 Å². The van der Waals surface area contributed by atoms with Gasteiger partial charge in [0.2, 0.25) is 5.91 Å². The fourth-order valence-electron chi connectivity index (χ4n) is 5.57. The van der Waals surface area contributed by atoms with Crippen molar-refractivity contribution in [3.05, 3.63) is 93.5 Å². The number of aryl methyl sites for hydroxylation is 1. The second kappa shape index (κ2) is 10.5. The van der Waals surface area contributed by atoms with Crippen LogP contribution in [0.15, 0.2) is 66.7 Å². The van der Waals surface area contributed by atoms with Crippen molar-refractivity contribution < 1.29 is 14.5 Å². The number of methoxy groups -OCH3 is 1. The number of non-ortho nitro benzene ring substituents is 1. The van der Waals surface area contributed by atoms with Crippen LogP contribution in [0.2, 0.25) is 0 Å². The number of amides is 1. The van der Waals surface area contributed by atoms with E-state index in [4.69, 9.17) is 4.74 Å². The van der Waals surface area contributed by atoms with Crippen molar-refractivity contribution in [2.24, 2.45) is 5.92 Å². The van der Waals surface area contributed by atoms with Crippen LogP contribution in [0.4, 0.5) is 17.1 Å². The first-order valence-electron chi connectivity index (χ1n) is 12.7. The molecule has 2 atom stereocenters. The van der Waals surface area contributed by atoms with E-state index in [1.807, 2.05) is 30.3 Å². The van der Waals surface area contributed by atoms with Gasteiger partial charge >= 0.3 is 0 Å². The largest absolute Gasteiger partial charge is 0.496 e. The van der Waals surface area contributed by atoms with Crippen LogP contribution in [-0.2, 0) is 17.6 Å². The third-order valence-electron chi connectivity index (χ3n) is 7.53. The second-order valence-corrected chi connectivity index (χ2v) is 9.78. The number of carbonyl (C=O) groups is 1. The number of nitro groups is 1. The van der Waals surface area contributed by atoms with E-state index in [1.165, 1.54) is 5.56 Å². The molecule has 0 saturated carbocycles. The van der Waals surface area contributed by atoms with Crippen molar-refractivity contribution in [1.82, 2.24) is 5.32 Å². The summed E-state index contributed by atoms with van der Waals surface area (Å²) in [6, 6.07) is 21.3. The smallest absolute Gasteiger partial charge is 0.269 e. The first kappa shape index (κ1) is 24.6. The van der Waals surface area contributed by atoms with E-state index in [9.17, 15) is 14.9 Å². The zero-order valence-corrected chi connectivity index (χ0v) is 21.2. The Balaban J connectivity index is 1.38. The summed E-state index contributed by atoms with van der Waals surface area (Å²) in [5.74, 6) is 0.469. The standard InChI is InChI=1S/C29H32N4O4/c1-20-7-9-23(10-8-20)31-15-16-32-26-12-11-24(33(35)36)17-22(26)18-25(27(32)19-31)29(34)30-14-13-21-5-3-4-6-28(21)37-2/h3-12,17,25,27H,13-16,18-19H2,1-2H3,(H,30,34)/t25-,27-/m1/s1. The molecule has 0 aromatic heterocycles. The zero-order valence-electron chi connectivity index (χ0n) is 21.2. The number of piperazine rings is 1. The molecule has 2 aliphatic heterocycles. The minimum atomic E-state index is -0.371. The van der Waals surface area contributed by atoms with Crippen LogP contribution >= 0.6 is 0 Å². The summed E-state index contributed by atoms with van der Waals surface area (Å²) < 4.78 is 5.44. The van der Waals surface area contributed by atoms with Crippen molar-refractivity contribution in [3.8, 4) is 5.75 Å². The molecule has 37 heavy (non-hydrogen) atoms. The number of hydrogen-bond acceptors (Lipinski definition) is 6. The van der Waals surface area contributed by atoms with Gasteiger partial charge in [-0.15, -0.1) is 0 Å². The molecule has 2 aliphatic rings. The maximum absolute atomic E-state index is 13.6. The predicted octanol–water partition coefficient (Wildman–Crippen LogP) is 4.14. The van der Waals surface area contributed by atoms with Crippen molar-refractivity contribution in [1.29, 1.82) is 0 Å². The van der Waals surface area contributed by atoms with Gasteiger partial charge < -0.3 is 19.9 Å². The minimum Gasteiger partial charge on any atom is -0.496 e. The molecule has 192 valence electrons. The number of fused-ring (bicyclic) bond motifs is 3. The number of para-hydroxylation sites is 1. The van der Waals surface area contributed by atoms with Gasteiger partial charge in [-0.3, -0.25) is 14.9 Å². The third-order valence-corrected chi connectivity index (χ3v) is 7.53. The minimum absolute atomic E-state index is 0.0205. The van der Waals surface area contributed by atoms with Gasteiger partial charge in [0, 0.05) is 49.7 Å². The van der Waals surface area contributed by atoms with E-state index in [1.54, 1.807) is 19.2 Å². The first-order valence-corrected chi connectivity index (χ1v) is 12.7. The number of nitrogens with one attached hydrogen (secondary N) is 1. The molecule has 5 rings (SSSR count). The molecule has 8 heteroatoms. The van der Waals surface area contributed by atoms with Gasteiger partial charge in [0.15, 0.2) is 0 Å². The third kappa shape index (κ3) is 5.09. The number of nitrogens with zero attached hydrogens (tertiary/aromatic N) is 3. The van der Waals surface area contributed by atoms with Gasteiger partial charge in [-0.2, -0.15) is 0 Å². The summed E-state index contributed by atoms with van der Waals surface area (Å²) in [4.78, 5) is 29.3. The van der Waals surface area contributed by atoms with Crippen LogP contribution in [0.5, 0.6) is 5.75 Å². The number of nitro benzene ring substituents is 1. The molecule has 1 fully saturated rings. The Morgan fingerprint density at radius 1 is 1.11 bits per heavy atom. The Bertz CT molecular complexity index is 1290. The highest BCUT2D eigenvalue weighted by Gasteiger charge is 2.42. The SMILES string of the molecule is COc1ccccc1CCNC(=O)[C@@H]1Cc2cc([N+](=O)[O-])ccc2N2CCN(c3ccc(C)cc3)C[C@H]12. The van der Waals surface area contributed by atoms with E-state index < -0.39 is 0 Å². The van der Waals surface area contributed by atoms with Crippen molar-refractivity contribution in [2.75, 3.05) is 43.1 Å². The molecule has 0 aliphatic carbocycles. The molecule has 0 bridgehead atoms. The number of carbonyl (C=O) groups excluding carboxylic acids is 1. The monoisotopic (exact) mass is 500 g/mol. The number of anilines is 2. The molecule has 3 aromatic rings. The summed E-state index contributed by atoms with van der Waals surface area (Å²) in [6.45, 7) is 4.84. The first-order chi connectivity index (χ1) is 17.9. The van der Waals surface area contributed by atoms with Crippen LogP contribution < -0.4 is 19.9 Å². The van der Waals surface area contributed by atoms with Gasteiger partial charge in [-0.25, -0.2) is 0 Å². The molecule has 0 spiro atoms. The van der Waals surface area contributed by atoms with Crippen LogP contribution in [0.25, 0.3) is 0 Å². The maximum atomic E-state index is 13.6. The van der Waals surface area contributed by atoms with Crippen LogP contribution in [-0.4, -0.2) is 50.2 Å². The second-order valence-electron chi connectivity index (χ2n) is 9.78. The van der Waals surface area contributed by atoms with Gasteiger partial charge in [0.25, 0.3) is 5.69 Å². The lowest BCUT2D eigenvalue weighted by atomic mass is 9.83. The molecule has 1 N–H and O–H groups in total. The molecule has 8 nitrogen and oxygen atoms in total. The summed E-state index contributed by atoms with van der Waals surface area (Å²) in [7, 11) is 1.65. The number of rotatable bonds is 7. The molecule has 1 amide bonds. The number of ether oxygens (including phenoxy) is 1. The molecule has 0 radical (unpaired) electrons. The molecule has 0 unspecified atom stereocenters. The Kier molecular flexibility index (Phi) is 6.99. The van der Waals surface area contributed by atoms with Crippen molar-refractivity contribution >= 4 is 23.0 Å². The average Bonchev–Trinajstić information content (AvgIpc) is 2.92. The van der Waals surface area contributed by atoms with E-state index >= 15 is 0 Å². The summed E-state index contributed by atoms with van der Waals surface area (Å²) in [6.07, 6.45) is 1.13. The predicted molar refractivity (Wildman–Crippen MR) is 145 cm³/mol. The Morgan fingerprint density at radius 3 is 2.65 bits per heavy atom. The topological polar surface area (TPSA) is 87.9 Å². The van der Waals surface area contributed by atoms with E-state index in [0.29, 0.717) is 25.9 Å². The Morgan fingerprint density at radius 2 is 1.89 bits per heavy atom. The van der Waals surface area contributed by atoms with E-state index in [2.05, 4.69) is 46.3 Å². The van der Waals surface area contributed by atoms with Crippen molar-refractivity contribution in [2.45, 2.75) is 25.8 Å². The number of hydrogen-bond donors (Lipinski definition) is 1. The van der Waals surface area contributed by atoms with Gasteiger partial charge in [-0.05, 0) is 55.2 Å². The lowest BCUT2D eigenvalue weighted by molar-refractivity contribution is -0.384. The van der Waals surface area contributed by atoms with Crippen molar-refractivity contribution in [3.63, 3.8) is 0 Å². The van der Waals surface area contributed by atoms with E-state index in [-0.39, 0.29) is 28.5 Å². The fourth-order valence-corrected chi connectivity index (χ4v) is 5.57. The maximum Gasteiger partial charge on any atom is 0.269 e. The molecular formula is C29H32N4O4. The van der Waals surface area contributed by atoms with Gasteiger partial charge in [0.1, 0.15) is 5.75 Å². The molecular weight excluding hydrogens is 468 g/mol. The van der Waals surface area contributed by atoms with E-state index in [0.717, 1.165) is 41.3 Å². The molecule has 1 saturated heterocycles. The zero-order chi connectivity index (χ0) is 25.9. The Hall–Kier alpha value is -4.07. The average molecular weight is 501 g/mol. The number of benzene rings is 3. The highest BCUT2D eigenvalue weighted by atomic mass is 16.6. The highest BCUT2D eigenvalue weighted by Crippen LogP contribution is 2.38. The summed E-state index contributed by atoms with van der Waals surface area (Å²) >= 11 is 0. The lowest BCUT2D eigenvalue weighted by Crippen LogP contribution is -2.61.